The Morgan fingerprint density at radius 2 is 1.59 bits per heavy atom. The maximum Gasteiger partial charge on any atom is 0.265 e. The zero-order valence-corrected chi connectivity index (χ0v) is 17.1. The molecular weight excluding hydrogens is 380 g/mol. The summed E-state index contributed by atoms with van der Waals surface area (Å²) in [7, 11) is 1.81. The standard InChI is InChI=1S/C23H20N4OS/c1-16-20(29-22(26-16)21-24-13-6-14-25-21)23(28)27(2)15-17-9-11-19(12-10-17)18-7-4-3-5-8-18/h3-14H,15H2,1-2H3. The Kier molecular flexibility index (Phi) is 5.44. The second kappa shape index (κ2) is 8.32. The average molecular weight is 401 g/mol. The molecule has 29 heavy (non-hydrogen) atoms. The molecule has 0 atom stereocenters. The Labute approximate surface area is 173 Å². The van der Waals surface area contributed by atoms with Gasteiger partial charge >= 0.3 is 0 Å². The number of carbonyl (C=O) groups excluding carboxylic acids is 1. The molecule has 6 heteroatoms. The molecule has 0 aliphatic heterocycles. The monoisotopic (exact) mass is 400 g/mol. The van der Waals surface area contributed by atoms with Gasteiger partial charge in [-0.2, -0.15) is 0 Å². The number of thiazole rings is 1. The summed E-state index contributed by atoms with van der Waals surface area (Å²) in [4.78, 5) is 28.2. The Morgan fingerprint density at radius 1 is 0.931 bits per heavy atom. The van der Waals surface area contributed by atoms with Crippen molar-refractivity contribution in [2.24, 2.45) is 0 Å². The third-order valence-corrected chi connectivity index (χ3v) is 5.72. The van der Waals surface area contributed by atoms with E-state index in [-0.39, 0.29) is 5.91 Å². The van der Waals surface area contributed by atoms with Crippen LogP contribution in [0.15, 0.2) is 73.1 Å². The van der Waals surface area contributed by atoms with Crippen molar-refractivity contribution >= 4 is 17.2 Å². The maximum atomic E-state index is 13.0. The lowest BCUT2D eigenvalue weighted by Gasteiger charge is -2.17. The van der Waals surface area contributed by atoms with Gasteiger partial charge in [0.25, 0.3) is 5.91 Å². The van der Waals surface area contributed by atoms with Gasteiger partial charge in [-0.05, 0) is 29.7 Å². The first-order valence-corrected chi connectivity index (χ1v) is 10.1. The lowest BCUT2D eigenvalue weighted by Crippen LogP contribution is -2.26. The van der Waals surface area contributed by atoms with Crippen LogP contribution in [0.5, 0.6) is 0 Å². The molecule has 0 radical (unpaired) electrons. The molecule has 0 bridgehead atoms. The molecule has 144 valence electrons. The van der Waals surface area contributed by atoms with Crippen molar-refractivity contribution < 1.29 is 4.79 Å². The first-order chi connectivity index (χ1) is 14.1. The van der Waals surface area contributed by atoms with Gasteiger partial charge in [-0.3, -0.25) is 4.79 Å². The van der Waals surface area contributed by atoms with E-state index in [9.17, 15) is 4.79 Å². The fourth-order valence-electron chi connectivity index (χ4n) is 3.05. The van der Waals surface area contributed by atoms with Crippen LogP contribution in [0.2, 0.25) is 0 Å². The average Bonchev–Trinajstić information content (AvgIpc) is 3.16. The normalized spacial score (nSPS) is 10.7. The van der Waals surface area contributed by atoms with Gasteiger partial charge < -0.3 is 4.90 Å². The molecule has 5 nitrogen and oxygen atoms in total. The van der Waals surface area contributed by atoms with E-state index in [0.717, 1.165) is 11.1 Å². The fraction of sp³-hybridized carbons (Fsp3) is 0.130. The summed E-state index contributed by atoms with van der Waals surface area (Å²) >= 11 is 1.33. The quantitative estimate of drug-likeness (QED) is 0.481. The van der Waals surface area contributed by atoms with E-state index in [1.165, 1.54) is 16.9 Å². The van der Waals surface area contributed by atoms with E-state index < -0.39 is 0 Å². The summed E-state index contributed by atoms with van der Waals surface area (Å²) in [6, 6.07) is 20.3. The number of carbonyl (C=O) groups is 1. The molecule has 0 aliphatic rings. The van der Waals surface area contributed by atoms with E-state index in [0.29, 0.717) is 27.9 Å². The zero-order chi connectivity index (χ0) is 20.2. The molecule has 0 N–H and O–H groups in total. The van der Waals surface area contributed by atoms with Gasteiger partial charge in [-0.25, -0.2) is 15.0 Å². The lowest BCUT2D eigenvalue weighted by atomic mass is 10.0. The molecule has 0 unspecified atom stereocenters. The largest absolute Gasteiger partial charge is 0.337 e. The van der Waals surface area contributed by atoms with E-state index in [4.69, 9.17) is 0 Å². The van der Waals surface area contributed by atoms with Crippen molar-refractivity contribution in [1.82, 2.24) is 19.9 Å². The highest BCUT2D eigenvalue weighted by Gasteiger charge is 2.20. The van der Waals surface area contributed by atoms with E-state index in [1.807, 2.05) is 32.2 Å². The van der Waals surface area contributed by atoms with Crippen molar-refractivity contribution in [3.05, 3.63) is 89.2 Å². The molecule has 4 rings (SSSR count). The van der Waals surface area contributed by atoms with Crippen LogP contribution >= 0.6 is 11.3 Å². The molecule has 2 heterocycles. The second-order valence-corrected chi connectivity index (χ2v) is 7.73. The summed E-state index contributed by atoms with van der Waals surface area (Å²) in [5.41, 5.74) is 4.12. The number of aromatic nitrogens is 3. The Bertz CT molecular complexity index is 1110. The van der Waals surface area contributed by atoms with Gasteiger partial charge in [0.05, 0.1) is 5.69 Å². The topological polar surface area (TPSA) is 59.0 Å². The minimum Gasteiger partial charge on any atom is -0.337 e. The minimum absolute atomic E-state index is 0.0469. The minimum atomic E-state index is -0.0469. The van der Waals surface area contributed by atoms with Crippen molar-refractivity contribution in [2.75, 3.05) is 7.05 Å². The van der Waals surface area contributed by atoms with Gasteiger partial charge in [-0.15, -0.1) is 11.3 Å². The third-order valence-electron chi connectivity index (χ3n) is 4.58. The van der Waals surface area contributed by atoms with Crippen molar-refractivity contribution in [2.45, 2.75) is 13.5 Å². The summed E-state index contributed by atoms with van der Waals surface area (Å²) in [5.74, 6) is 0.494. The highest BCUT2D eigenvalue weighted by atomic mass is 32.1. The molecule has 0 saturated carbocycles. The number of benzene rings is 2. The van der Waals surface area contributed by atoms with Crippen LogP contribution in [0, 0.1) is 6.92 Å². The molecule has 0 saturated heterocycles. The van der Waals surface area contributed by atoms with Gasteiger partial charge in [0.2, 0.25) is 0 Å². The smallest absolute Gasteiger partial charge is 0.265 e. The van der Waals surface area contributed by atoms with E-state index in [2.05, 4.69) is 51.4 Å². The molecule has 0 aliphatic carbocycles. The van der Waals surface area contributed by atoms with Crippen molar-refractivity contribution in [1.29, 1.82) is 0 Å². The number of hydrogen-bond donors (Lipinski definition) is 0. The van der Waals surface area contributed by atoms with Gasteiger partial charge in [-0.1, -0.05) is 54.6 Å². The molecule has 4 aromatic rings. The van der Waals surface area contributed by atoms with Crippen LogP contribution in [0.3, 0.4) is 0 Å². The Morgan fingerprint density at radius 3 is 2.28 bits per heavy atom. The van der Waals surface area contributed by atoms with Crippen LogP contribution in [-0.2, 0) is 6.54 Å². The van der Waals surface area contributed by atoms with Gasteiger partial charge in [0.15, 0.2) is 10.8 Å². The fourth-order valence-corrected chi connectivity index (χ4v) is 4.06. The second-order valence-electron chi connectivity index (χ2n) is 6.73. The highest BCUT2D eigenvalue weighted by Crippen LogP contribution is 2.26. The molecule has 2 aromatic carbocycles. The summed E-state index contributed by atoms with van der Waals surface area (Å²) in [6.07, 6.45) is 3.34. The van der Waals surface area contributed by atoms with Crippen molar-refractivity contribution in [3.8, 4) is 22.0 Å². The van der Waals surface area contributed by atoms with Crippen LogP contribution in [0.1, 0.15) is 20.9 Å². The first-order valence-electron chi connectivity index (χ1n) is 9.26. The van der Waals surface area contributed by atoms with Gasteiger partial charge in [0.1, 0.15) is 4.88 Å². The van der Waals surface area contributed by atoms with E-state index >= 15 is 0 Å². The summed E-state index contributed by atoms with van der Waals surface area (Å²) < 4.78 is 0. The number of aryl methyl sites for hydroxylation is 1. The van der Waals surface area contributed by atoms with E-state index in [1.54, 1.807) is 23.4 Å². The van der Waals surface area contributed by atoms with Crippen LogP contribution < -0.4 is 0 Å². The molecule has 0 fully saturated rings. The number of nitrogens with zero attached hydrogens (tertiary/aromatic N) is 4. The molecule has 0 spiro atoms. The lowest BCUT2D eigenvalue weighted by molar-refractivity contribution is 0.0789. The SMILES string of the molecule is Cc1nc(-c2ncccn2)sc1C(=O)N(C)Cc1ccc(-c2ccccc2)cc1. The summed E-state index contributed by atoms with van der Waals surface area (Å²) in [5, 5.41) is 0.659. The maximum absolute atomic E-state index is 13.0. The zero-order valence-electron chi connectivity index (χ0n) is 16.2. The molecule has 1 amide bonds. The van der Waals surface area contributed by atoms with Crippen LogP contribution in [-0.4, -0.2) is 32.8 Å². The van der Waals surface area contributed by atoms with Crippen LogP contribution in [0.4, 0.5) is 0 Å². The first kappa shape index (κ1) is 19.0. The Balaban J connectivity index is 1.48. The van der Waals surface area contributed by atoms with Gasteiger partial charge in [0, 0.05) is 26.0 Å². The predicted molar refractivity (Wildman–Crippen MR) is 116 cm³/mol. The number of rotatable bonds is 5. The molecular formula is C23H20N4OS. The molecule has 2 aromatic heterocycles. The Hall–Kier alpha value is -3.38. The number of hydrogen-bond acceptors (Lipinski definition) is 5. The highest BCUT2D eigenvalue weighted by molar-refractivity contribution is 7.17. The van der Waals surface area contributed by atoms with Crippen LogP contribution in [0.25, 0.3) is 22.0 Å². The summed E-state index contributed by atoms with van der Waals surface area (Å²) in [6.45, 7) is 2.38. The number of amides is 1. The third kappa shape index (κ3) is 4.22. The predicted octanol–water partition coefficient (Wildman–Crippen LogP) is 4.85. The van der Waals surface area contributed by atoms with Crippen molar-refractivity contribution in [3.63, 3.8) is 0 Å².